The van der Waals surface area contributed by atoms with Crippen LogP contribution >= 0.6 is 0 Å². The van der Waals surface area contributed by atoms with Crippen molar-refractivity contribution in [3.8, 4) is 0 Å². The monoisotopic (exact) mass is 243 g/mol. The largest absolute Gasteiger partial charge is 0.377 e. The Balaban J connectivity index is 3.55. The molecule has 0 aromatic carbocycles. The van der Waals surface area contributed by atoms with E-state index in [2.05, 4.69) is 39.9 Å². The first-order chi connectivity index (χ1) is 8.10. The van der Waals surface area contributed by atoms with Gasteiger partial charge in [0.25, 0.3) is 0 Å². The lowest BCUT2D eigenvalue weighted by atomic mass is 10.0. The molecule has 2 unspecified atom stereocenters. The molecule has 0 aliphatic rings. The van der Waals surface area contributed by atoms with Gasteiger partial charge in [-0.15, -0.1) is 0 Å². The molecule has 0 fully saturated rings. The van der Waals surface area contributed by atoms with Gasteiger partial charge in [0.1, 0.15) is 0 Å². The van der Waals surface area contributed by atoms with Crippen LogP contribution < -0.4 is 5.32 Å². The van der Waals surface area contributed by atoms with Gasteiger partial charge in [0.15, 0.2) is 0 Å². The van der Waals surface area contributed by atoms with Crippen LogP contribution in [0.15, 0.2) is 0 Å². The average molecular weight is 243 g/mol. The van der Waals surface area contributed by atoms with E-state index < -0.39 is 0 Å². The second kappa shape index (κ2) is 11.0. The molecule has 104 valence electrons. The van der Waals surface area contributed by atoms with Crippen molar-refractivity contribution in [1.82, 2.24) is 5.32 Å². The minimum Gasteiger partial charge on any atom is -0.377 e. The molecule has 0 spiro atoms. The summed E-state index contributed by atoms with van der Waals surface area (Å²) in [6.45, 7) is 14.1. The molecule has 0 aromatic rings. The summed E-state index contributed by atoms with van der Waals surface area (Å²) in [5, 5.41) is 3.44. The van der Waals surface area contributed by atoms with Crippen LogP contribution in [0.4, 0.5) is 0 Å². The van der Waals surface area contributed by atoms with E-state index >= 15 is 0 Å². The van der Waals surface area contributed by atoms with Crippen molar-refractivity contribution in [3.63, 3.8) is 0 Å². The zero-order chi connectivity index (χ0) is 13.1. The molecule has 0 rings (SSSR count). The third-order valence-corrected chi connectivity index (χ3v) is 3.14. The highest BCUT2D eigenvalue weighted by molar-refractivity contribution is 4.61. The van der Waals surface area contributed by atoms with Crippen molar-refractivity contribution < 1.29 is 4.74 Å². The van der Waals surface area contributed by atoms with Crippen LogP contribution in [0.2, 0.25) is 0 Å². The normalized spacial score (nSPS) is 15.2. The highest BCUT2D eigenvalue weighted by Crippen LogP contribution is 2.13. The van der Waals surface area contributed by atoms with Gasteiger partial charge in [0.05, 0.1) is 6.10 Å². The van der Waals surface area contributed by atoms with Gasteiger partial charge in [-0.05, 0) is 31.7 Å². The third kappa shape index (κ3) is 10.8. The quantitative estimate of drug-likeness (QED) is 0.595. The second-order valence-electron chi connectivity index (χ2n) is 5.61. The minimum atomic E-state index is 0.337. The smallest absolute Gasteiger partial charge is 0.0671 e. The summed E-state index contributed by atoms with van der Waals surface area (Å²) in [7, 11) is 0. The highest BCUT2D eigenvalue weighted by atomic mass is 16.5. The molecule has 0 aliphatic heterocycles. The van der Waals surface area contributed by atoms with Gasteiger partial charge in [-0.25, -0.2) is 0 Å². The zero-order valence-corrected chi connectivity index (χ0v) is 12.6. The van der Waals surface area contributed by atoms with Crippen LogP contribution in [-0.4, -0.2) is 25.8 Å². The third-order valence-electron chi connectivity index (χ3n) is 3.14. The van der Waals surface area contributed by atoms with Gasteiger partial charge in [-0.3, -0.25) is 0 Å². The molecule has 0 aliphatic carbocycles. The number of nitrogens with one attached hydrogen (secondary N) is 1. The molecular formula is C15H33NO. The van der Waals surface area contributed by atoms with Crippen molar-refractivity contribution in [2.24, 2.45) is 11.8 Å². The Kier molecular flexibility index (Phi) is 11.0. The zero-order valence-electron chi connectivity index (χ0n) is 12.6. The Morgan fingerprint density at radius 3 is 2.29 bits per heavy atom. The van der Waals surface area contributed by atoms with Gasteiger partial charge in [-0.2, -0.15) is 0 Å². The second-order valence-corrected chi connectivity index (χ2v) is 5.61. The van der Waals surface area contributed by atoms with Gasteiger partial charge < -0.3 is 10.1 Å². The van der Waals surface area contributed by atoms with E-state index in [-0.39, 0.29) is 0 Å². The Hall–Kier alpha value is -0.0800. The summed E-state index contributed by atoms with van der Waals surface area (Å²) in [5.74, 6) is 1.47. The van der Waals surface area contributed by atoms with Crippen LogP contribution in [0.25, 0.3) is 0 Å². The maximum Gasteiger partial charge on any atom is 0.0671 e. The molecule has 2 atom stereocenters. The molecule has 0 amide bonds. The van der Waals surface area contributed by atoms with Gasteiger partial charge in [-0.1, -0.05) is 47.0 Å². The van der Waals surface area contributed by atoms with Crippen LogP contribution in [0.1, 0.15) is 60.3 Å². The summed E-state index contributed by atoms with van der Waals surface area (Å²) < 4.78 is 5.91. The van der Waals surface area contributed by atoms with Crippen LogP contribution in [0.5, 0.6) is 0 Å². The van der Waals surface area contributed by atoms with E-state index in [1.165, 1.54) is 25.7 Å². The van der Waals surface area contributed by atoms with E-state index in [9.17, 15) is 0 Å². The molecule has 0 bridgehead atoms. The standard InChI is InChI=1S/C15H33NO/c1-6-8-9-15(7-2)12-17-14(5)11-16-10-13(3)4/h13-16H,6-12H2,1-5H3. The predicted octanol–water partition coefficient (Wildman–Crippen LogP) is 3.85. The Bertz CT molecular complexity index is 159. The molecule has 1 N–H and O–H groups in total. The topological polar surface area (TPSA) is 21.3 Å². The summed E-state index contributed by atoms with van der Waals surface area (Å²) >= 11 is 0. The van der Waals surface area contributed by atoms with Gasteiger partial charge >= 0.3 is 0 Å². The fourth-order valence-corrected chi connectivity index (χ4v) is 1.83. The molecule has 2 heteroatoms. The molecule has 0 aromatic heterocycles. The summed E-state index contributed by atoms with van der Waals surface area (Å²) in [6.07, 6.45) is 5.53. The number of unbranched alkanes of at least 4 members (excludes halogenated alkanes) is 1. The van der Waals surface area contributed by atoms with Crippen molar-refractivity contribution in [3.05, 3.63) is 0 Å². The Morgan fingerprint density at radius 2 is 1.76 bits per heavy atom. The van der Waals surface area contributed by atoms with E-state index in [4.69, 9.17) is 4.74 Å². The number of rotatable bonds is 11. The molecule has 0 heterocycles. The average Bonchev–Trinajstić information content (AvgIpc) is 2.29. The van der Waals surface area contributed by atoms with Gasteiger partial charge in [0, 0.05) is 13.2 Å². The first kappa shape index (κ1) is 16.9. The molecule has 0 radical (unpaired) electrons. The van der Waals surface area contributed by atoms with Gasteiger partial charge in [0.2, 0.25) is 0 Å². The molecular weight excluding hydrogens is 210 g/mol. The summed E-state index contributed by atoms with van der Waals surface area (Å²) in [4.78, 5) is 0. The fourth-order valence-electron chi connectivity index (χ4n) is 1.83. The summed E-state index contributed by atoms with van der Waals surface area (Å²) in [6, 6.07) is 0. The SMILES string of the molecule is CCCCC(CC)COC(C)CNCC(C)C. The minimum absolute atomic E-state index is 0.337. The fraction of sp³-hybridized carbons (Fsp3) is 1.00. The van der Waals surface area contributed by atoms with E-state index in [1.54, 1.807) is 0 Å². The number of hydrogen-bond acceptors (Lipinski definition) is 2. The van der Waals surface area contributed by atoms with Crippen LogP contribution in [-0.2, 0) is 4.74 Å². The number of ether oxygens (including phenoxy) is 1. The lowest BCUT2D eigenvalue weighted by molar-refractivity contribution is 0.0366. The number of hydrogen-bond donors (Lipinski definition) is 1. The van der Waals surface area contributed by atoms with Crippen molar-refractivity contribution in [2.45, 2.75) is 66.4 Å². The first-order valence-electron chi connectivity index (χ1n) is 7.42. The Morgan fingerprint density at radius 1 is 1.06 bits per heavy atom. The first-order valence-corrected chi connectivity index (χ1v) is 7.42. The Labute approximate surface area is 109 Å². The predicted molar refractivity (Wildman–Crippen MR) is 76.4 cm³/mol. The van der Waals surface area contributed by atoms with E-state index in [0.29, 0.717) is 6.10 Å². The summed E-state index contributed by atoms with van der Waals surface area (Å²) in [5.41, 5.74) is 0. The van der Waals surface area contributed by atoms with Crippen LogP contribution in [0.3, 0.4) is 0 Å². The molecule has 2 nitrogen and oxygen atoms in total. The molecule has 0 saturated carbocycles. The molecule has 17 heavy (non-hydrogen) atoms. The lowest BCUT2D eigenvalue weighted by Gasteiger charge is -2.19. The van der Waals surface area contributed by atoms with Crippen molar-refractivity contribution >= 4 is 0 Å². The van der Waals surface area contributed by atoms with Crippen molar-refractivity contribution in [1.29, 1.82) is 0 Å². The maximum absolute atomic E-state index is 5.91. The van der Waals surface area contributed by atoms with E-state index in [0.717, 1.165) is 31.5 Å². The van der Waals surface area contributed by atoms with Crippen LogP contribution in [0, 0.1) is 11.8 Å². The lowest BCUT2D eigenvalue weighted by Crippen LogP contribution is -2.30. The maximum atomic E-state index is 5.91. The van der Waals surface area contributed by atoms with Crippen molar-refractivity contribution in [2.75, 3.05) is 19.7 Å². The highest BCUT2D eigenvalue weighted by Gasteiger charge is 2.09. The molecule has 0 saturated heterocycles. The van der Waals surface area contributed by atoms with E-state index in [1.807, 2.05) is 0 Å².